The summed E-state index contributed by atoms with van der Waals surface area (Å²) in [5.74, 6) is 0.943. The third kappa shape index (κ3) is 3.69. The van der Waals surface area contributed by atoms with Crippen LogP contribution in [0.4, 0.5) is 0 Å². The molecule has 1 N–H and O–H groups in total. The zero-order chi connectivity index (χ0) is 12.1. The average molecular weight is 242 g/mol. The van der Waals surface area contributed by atoms with E-state index in [-0.39, 0.29) is 5.75 Å². The first kappa shape index (κ1) is 13.3. The number of aromatic hydroxyl groups is 1. The van der Waals surface area contributed by atoms with Gasteiger partial charge in [0.2, 0.25) is 0 Å². The average Bonchev–Trinajstić information content (AvgIpc) is 2.23. The second kappa shape index (κ2) is 6.12. The molecule has 1 atom stereocenters. The van der Waals surface area contributed by atoms with Gasteiger partial charge in [0.1, 0.15) is 5.75 Å². The third-order valence-corrected chi connectivity index (χ3v) is 3.20. The molecule has 0 aromatic heterocycles. The predicted molar refractivity (Wildman–Crippen MR) is 68.9 cm³/mol. The Bertz CT molecular complexity index is 320. The summed E-state index contributed by atoms with van der Waals surface area (Å²) < 4.78 is 0. The molecular weight excluding hydrogens is 222 g/mol. The summed E-state index contributed by atoms with van der Waals surface area (Å²) in [6.45, 7) is 6.12. The highest BCUT2D eigenvalue weighted by molar-refractivity contribution is 6.31. The van der Waals surface area contributed by atoms with Crippen LogP contribution in [0.3, 0.4) is 0 Å². The van der Waals surface area contributed by atoms with E-state index >= 15 is 0 Å². The van der Waals surface area contributed by atoms with E-state index in [1.54, 1.807) is 12.1 Å². The number of rotatable bonds is 5. The van der Waals surface area contributed by atoms with Crippen LogP contribution in [-0.2, 0) is 6.54 Å². The van der Waals surface area contributed by atoms with E-state index in [1.165, 1.54) is 6.42 Å². The summed E-state index contributed by atoms with van der Waals surface area (Å²) >= 11 is 6.06. The van der Waals surface area contributed by atoms with Crippen LogP contribution >= 0.6 is 11.6 Å². The van der Waals surface area contributed by atoms with Gasteiger partial charge in [-0.2, -0.15) is 0 Å². The molecule has 0 fully saturated rings. The van der Waals surface area contributed by atoms with E-state index in [9.17, 15) is 5.11 Å². The predicted octanol–water partition coefficient (Wildman–Crippen LogP) is 3.52. The van der Waals surface area contributed by atoms with E-state index < -0.39 is 0 Å². The normalized spacial score (nSPS) is 13.1. The van der Waals surface area contributed by atoms with Gasteiger partial charge >= 0.3 is 0 Å². The van der Waals surface area contributed by atoms with E-state index in [4.69, 9.17) is 11.6 Å². The van der Waals surface area contributed by atoms with Crippen molar-refractivity contribution in [2.75, 3.05) is 13.6 Å². The Morgan fingerprint density at radius 3 is 2.69 bits per heavy atom. The highest BCUT2D eigenvalue weighted by Gasteiger charge is 2.10. The SMILES string of the molecule is CCC(C)CN(C)Cc1c(O)cccc1Cl. The molecule has 0 aliphatic rings. The second-order valence-electron chi connectivity index (χ2n) is 4.45. The summed E-state index contributed by atoms with van der Waals surface area (Å²) in [6.07, 6.45) is 1.17. The molecule has 0 amide bonds. The molecule has 0 aliphatic carbocycles. The monoisotopic (exact) mass is 241 g/mol. The Labute approximate surface area is 103 Å². The van der Waals surface area contributed by atoms with Gasteiger partial charge in [-0.1, -0.05) is 37.9 Å². The maximum Gasteiger partial charge on any atom is 0.121 e. The quantitative estimate of drug-likeness (QED) is 0.853. The summed E-state index contributed by atoms with van der Waals surface area (Å²) in [5, 5.41) is 10.4. The first-order chi connectivity index (χ1) is 7.54. The molecule has 1 aromatic rings. The summed E-state index contributed by atoms with van der Waals surface area (Å²) in [5.41, 5.74) is 0.815. The van der Waals surface area contributed by atoms with Crippen molar-refractivity contribution in [1.82, 2.24) is 4.90 Å². The molecule has 0 heterocycles. The standard InChI is InChI=1S/C13H20ClNO/c1-4-10(2)8-15(3)9-11-12(14)6-5-7-13(11)16/h5-7,10,16H,4,8-9H2,1-3H3. The molecule has 0 saturated carbocycles. The lowest BCUT2D eigenvalue weighted by molar-refractivity contribution is 0.271. The van der Waals surface area contributed by atoms with Gasteiger partial charge in [0.25, 0.3) is 0 Å². The number of benzene rings is 1. The Morgan fingerprint density at radius 1 is 1.44 bits per heavy atom. The Kier molecular flexibility index (Phi) is 5.10. The number of phenolic OH excluding ortho intramolecular Hbond substituents is 1. The fourth-order valence-corrected chi connectivity index (χ4v) is 1.93. The molecule has 1 rings (SSSR count). The van der Waals surface area contributed by atoms with Crippen molar-refractivity contribution in [3.63, 3.8) is 0 Å². The lowest BCUT2D eigenvalue weighted by Gasteiger charge is -2.21. The molecule has 1 unspecified atom stereocenters. The van der Waals surface area contributed by atoms with Crippen molar-refractivity contribution in [2.45, 2.75) is 26.8 Å². The van der Waals surface area contributed by atoms with E-state index in [0.717, 1.165) is 12.1 Å². The van der Waals surface area contributed by atoms with Gasteiger partial charge in [-0.05, 0) is 25.1 Å². The summed E-state index contributed by atoms with van der Waals surface area (Å²) in [7, 11) is 2.05. The zero-order valence-corrected chi connectivity index (χ0v) is 11.0. The molecule has 0 bridgehead atoms. The van der Waals surface area contributed by atoms with Gasteiger partial charge in [0.15, 0.2) is 0 Å². The van der Waals surface area contributed by atoms with Crippen LogP contribution in [0.15, 0.2) is 18.2 Å². The minimum atomic E-state index is 0.281. The molecule has 90 valence electrons. The topological polar surface area (TPSA) is 23.5 Å². The number of nitrogens with zero attached hydrogens (tertiary/aromatic N) is 1. The second-order valence-corrected chi connectivity index (χ2v) is 4.85. The van der Waals surface area contributed by atoms with E-state index in [0.29, 0.717) is 17.5 Å². The zero-order valence-electron chi connectivity index (χ0n) is 10.2. The largest absolute Gasteiger partial charge is 0.508 e. The van der Waals surface area contributed by atoms with Crippen molar-refractivity contribution in [1.29, 1.82) is 0 Å². The van der Waals surface area contributed by atoms with Gasteiger partial charge in [-0.25, -0.2) is 0 Å². The van der Waals surface area contributed by atoms with Crippen LogP contribution in [0.1, 0.15) is 25.8 Å². The highest BCUT2D eigenvalue weighted by Crippen LogP contribution is 2.26. The van der Waals surface area contributed by atoms with Crippen molar-refractivity contribution in [2.24, 2.45) is 5.92 Å². The van der Waals surface area contributed by atoms with Crippen LogP contribution in [0.25, 0.3) is 0 Å². The van der Waals surface area contributed by atoms with Crippen molar-refractivity contribution >= 4 is 11.6 Å². The molecule has 16 heavy (non-hydrogen) atoms. The van der Waals surface area contributed by atoms with E-state index in [2.05, 4.69) is 25.8 Å². The highest BCUT2D eigenvalue weighted by atomic mass is 35.5. The fourth-order valence-electron chi connectivity index (χ4n) is 1.70. The maximum absolute atomic E-state index is 9.72. The molecule has 0 aliphatic heterocycles. The van der Waals surface area contributed by atoms with Crippen molar-refractivity contribution in [3.05, 3.63) is 28.8 Å². The maximum atomic E-state index is 9.72. The summed E-state index contributed by atoms with van der Waals surface area (Å²) in [4.78, 5) is 2.19. The van der Waals surface area contributed by atoms with Gasteiger partial charge in [-0.15, -0.1) is 0 Å². The number of halogens is 1. The van der Waals surface area contributed by atoms with Gasteiger partial charge in [0, 0.05) is 23.7 Å². The van der Waals surface area contributed by atoms with Gasteiger partial charge in [0.05, 0.1) is 0 Å². The van der Waals surface area contributed by atoms with Crippen LogP contribution in [0, 0.1) is 5.92 Å². The number of hydrogen-bond acceptors (Lipinski definition) is 2. The first-order valence-electron chi connectivity index (χ1n) is 5.69. The molecular formula is C13H20ClNO. The smallest absolute Gasteiger partial charge is 0.121 e. The fraction of sp³-hybridized carbons (Fsp3) is 0.538. The van der Waals surface area contributed by atoms with Gasteiger partial charge < -0.3 is 10.0 Å². The van der Waals surface area contributed by atoms with Crippen LogP contribution in [0.2, 0.25) is 5.02 Å². The van der Waals surface area contributed by atoms with Gasteiger partial charge in [-0.3, -0.25) is 0 Å². The van der Waals surface area contributed by atoms with Crippen molar-refractivity contribution < 1.29 is 5.11 Å². The number of hydrogen-bond donors (Lipinski definition) is 1. The third-order valence-electron chi connectivity index (χ3n) is 2.84. The Morgan fingerprint density at radius 2 is 2.12 bits per heavy atom. The molecule has 1 aromatic carbocycles. The van der Waals surface area contributed by atoms with Crippen LogP contribution in [0.5, 0.6) is 5.75 Å². The number of phenols is 1. The molecule has 0 radical (unpaired) electrons. The minimum Gasteiger partial charge on any atom is -0.508 e. The lowest BCUT2D eigenvalue weighted by atomic mass is 10.1. The van der Waals surface area contributed by atoms with Crippen molar-refractivity contribution in [3.8, 4) is 5.75 Å². The molecule has 0 saturated heterocycles. The minimum absolute atomic E-state index is 0.281. The van der Waals surface area contributed by atoms with Crippen LogP contribution < -0.4 is 0 Å². The molecule has 0 spiro atoms. The Hall–Kier alpha value is -0.730. The summed E-state index contributed by atoms with van der Waals surface area (Å²) in [6, 6.07) is 5.25. The van der Waals surface area contributed by atoms with Crippen LogP contribution in [-0.4, -0.2) is 23.6 Å². The first-order valence-corrected chi connectivity index (χ1v) is 6.07. The van der Waals surface area contributed by atoms with E-state index in [1.807, 2.05) is 6.07 Å². The Balaban J connectivity index is 2.66. The molecule has 2 nitrogen and oxygen atoms in total. The lowest BCUT2D eigenvalue weighted by Crippen LogP contribution is -2.23. The molecule has 3 heteroatoms.